The lowest BCUT2D eigenvalue weighted by molar-refractivity contribution is 0.321. The zero-order chi connectivity index (χ0) is 13.7. The second kappa shape index (κ2) is 6.92. The Morgan fingerprint density at radius 3 is 2.42 bits per heavy atom. The molecule has 1 aliphatic rings. The molecule has 0 aliphatic heterocycles. The Morgan fingerprint density at radius 2 is 1.84 bits per heavy atom. The average Bonchev–Trinajstić information content (AvgIpc) is 2.42. The third-order valence-corrected chi connectivity index (χ3v) is 3.95. The molecule has 0 bridgehead atoms. The second-order valence-corrected chi connectivity index (χ2v) is 5.50. The van der Waals surface area contributed by atoms with Gasteiger partial charge in [-0.25, -0.2) is 0 Å². The van der Waals surface area contributed by atoms with Crippen molar-refractivity contribution in [2.45, 2.75) is 57.7 Å². The summed E-state index contributed by atoms with van der Waals surface area (Å²) in [6, 6.07) is 9.81. The van der Waals surface area contributed by atoms with Crippen molar-refractivity contribution in [1.82, 2.24) is 5.32 Å². The summed E-state index contributed by atoms with van der Waals surface area (Å²) in [5.41, 5.74) is 7.26. The van der Waals surface area contributed by atoms with Gasteiger partial charge in [0.15, 0.2) is 0 Å². The number of ether oxygens (including phenoxy) is 1. The van der Waals surface area contributed by atoms with Gasteiger partial charge in [-0.05, 0) is 57.2 Å². The molecule has 0 spiro atoms. The normalized spacial score (nSPS) is 25.0. The Bertz CT molecular complexity index is 369. The Labute approximate surface area is 116 Å². The second-order valence-electron chi connectivity index (χ2n) is 5.50. The van der Waals surface area contributed by atoms with Crippen LogP contribution in [0.2, 0.25) is 0 Å². The van der Waals surface area contributed by atoms with E-state index in [1.165, 1.54) is 18.4 Å². The van der Waals surface area contributed by atoms with Crippen molar-refractivity contribution in [3.05, 3.63) is 29.8 Å². The molecule has 106 valence electrons. The number of hydrogen-bond acceptors (Lipinski definition) is 3. The number of hydrogen-bond donors (Lipinski definition) is 2. The average molecular weight is 262 g/mol. The quantitative estimate of drug-likeness (QED) is 0.857. The van der Waals surface area contributed by atoms with Crippen LogP contribution in [0.5, 0.6) is 5.75 Å². The van der Waals surface area contributed by atoms with Crippen molar-refractivity contribution in [2.75, 3.05) is 6.61 Å². The predicted octanol–water partition coefficient (Wildman–Crippen LogP) is 3.01. The molecule has 0 heterocycles. The Kier molecular flexibility index (Phi) is 5.23. The minimum absolute atomic E-state index is 0.384. The molecule has 1 aliphatic carbocycles. The van der Waals surface area contributed by atoms with Gasteiger partial charge >= 0.3 is 0 Å². The van der Waals surface area contributed by atoms with Gasteiger partial charge in [0.2, 0.25) is 0 Å². The summed E-state index contributed by atoms with van der Waals surface area (Å²) in [4.78, 5) is 0. The van der Waals surface area contributed by atoms with Gasteiger partial charge in [-0.15, -0.1) is 0 Å². The molecule has 0 aromatic heterocycles. The summed E-state index contributed by atoms with van der Waals surface area (Å²) in [7, 11) is 0. The van der Waals surface area contributed by atoms with Crippen LogP contribution < -0.4 is 15.8 Å². The van der Waals surface area contributed by atoms with Crippen molar-refractivity contribution in [3.63, 3.8) is 0 Å². The van der Waals surface area contributed by atoms with Crippen LogP contribution >= 0.6 is 0 Å². The molecule has 2 rings (SSSR count). The first-order valence-corrected chi connectivity index (χ1v) is 7.43. The highest BCUT2D eigenvalue weighted by Gasteiger charge is 2.20. The van der Waals surface area contributed by atoms with Crippen LogP contribution in [-0.4, -0.2) is 18.7 Å². The summed E-state index contributed by atoms with van der Waals surface area (Å²) in [5, 5.41) is 3.71. The molecular weight excluding hydrogens is 236 g/mol. The molecule has 1 saturated carbocycles. The van der Waals surface area contributed by atoms with Crippen molar-refractivity contribution in [1.29, 1.82) is 0 Å². The van der Waals surface area contributed by atoms with E-state index in [0.717, 1.165) is 25.2 Å². The van der Waals surface area contributed by atoms with E-state index in [-0.39, 0.29) is 0 Å². The minimum Gasteiger partial charge on any atom is -0.494 e. The van der Waals surface area contributed by atoms with Gasteiger partial charge in [0.1, 0.15) is 5.75 Å². The smallest absolute Gasteiger partial charge is 0.119 e. The molecule has 3 heteroatoms. The molecule has 19 heavy (non-hydrogen) atoms. The van der Waals surface area contributed by atoms with Gasteiger partial charge < -0.3 is 15.8 Å². The fraction of sp³-hybridized carbons (Fsp3) is 0.625. The van der Waals surface area contributed by atoms with Crippen molar-refractivity contribution >= 4 is 0 Å². The van der Waals surface area contributed by atoms with E-state index < -0.39 is 0 Å². The van der Waals surface area contributed by atoms with Gasteiger partial charge in [-0.3, -0.25) is 0 Å². The van der Waals surface area contributed by atoms with Gasteiger partial charge in [-0.2, -0.15) is 0 Å². The minimum atomic E-state index is 0.384. The van der Waals surface area contributed by atoms with Gasteiger partial charge in [-0.1, -0.05) is 12.1 Å². The molecule has 1 aromatic rings. The Morgan fingerprint density at radius 1 is 1.21 bits per heavy atom. The van der Waals surface area contributed by atoms with Crippen LogP contribution in [0, 0.1) is 0 Å². The van der Waals surface area contributed by atoms with Crippen LogP contribution in [0.3, 0.4) is 0 Å². The SMILES string of the molecule is CCOc1ccc(C(C)NC2CCC(N)CC2)cc1. The molecule has 0 amide bonds. The van der Waals surface area contributed by atoms with E-state index in [4.69, 9.17) is 10.5 Å². The first-order valence-electron chi connectivity index (χ1n) is 7.43. The van der Waals surface area contributed by atoms with E-state index in [2.05, 4.69) is 24.4 Å². The van der Waals surface area contributed by atoms with Crippen molar-refractivity contribution in [3.8, 4) is 5.75 Å². The van der Waals surface area contributed by atoms with Crippen LogP contribution in [0.1, 0.15) is 51.1 Å². The molecule has 0 radical (unpaired) electrons. The highest BCUT2D eigenvalue weighted by Crippen LogP contribution is 2.22. The molecule has 0 saturated heterocycles. The molecule has 1 fully saturated rings. The fourth-order valence-corrected chi connectivity index (χ4v) is 2.76. The first kappa shape index (κ1) is 14.4. The van der Waals surface area contributed by atoms with E-state index in [1.54, 1.807) is 0 Å². The monoisotopic (exact) mass is 262 g/mol. The van der Waals surface area contributed by atoms with Crippen LogP contribution in [-0.2, 0) is 0 Å². The lowest BCUT2D eigenvalue weighted by Crippen LogP contribution is -2.38. The summed E-state index contributed by atoms with van der Waals surface area (Å²) in [5.74, 6) is 0.946. The van der Waals surface area contributed by atoms with E-state index in [0.29, 0.717) is 18.1 Å². The van der Waals surface area contributed by atoms with Crippen LogP contribution in [0.4, 0.5) is 0 Å². The molecule has 3 N–H and O–H groups in total. The van der Waals surface area contributed by atoms with Gasteiger partial charge in [0.05, 0.1) is 6.61 Å². The third kappa shape index (κ3) is 4.22. The van der Waals surface area contributed by atoms with E-state index >= 15 is 0 Å². The topological polar surface area (TPSA) is 47.3 Å². The largest absolute Gasteiger partial charge is 0.494 e. The lowest BCUT2D eigenvalue weighted by atomic mass is 9.91. The van der Waals surface area contributed by atoms with Gasteiger partial charge in [0, 0.05) is 18.1 Å². The molecule has 1 atom stereocenters. The molecule has 3 nitrogen and oxygen atoms in total. The summed E-state index contributed by atoms with van der Waals surface area (Å²) in [6.45, 7) is 4.95. The Balaban J connectivity index is 1.86. The van der Waals surface area contributed by atoms with E-state index in [1.807, 2.05) is 19.1 Å². The Hall–Kier alpha value is -1.06. The van der Waals surface area contributed by atoms with Crippen molar-refractivity contribution in [2.24, 2.45) is 5.73 Å². The third-order valence-electron chi connectivity index (χ3n) is 3.95. The predicted molar refractivity (Wildman–Crippen MR) is 79.4 cm³/mol. The van der Waals surface area contributed by atoms with Crippen LogP contribution in [0.15, 0.2) is 24.3 Å². The summed E-state index contributed by atoms with van der Waals surface area (Å²) in [6.07, 6.45) is 4.69. The zero-order valence-electron chi connectivity index (χ0n) is 12.1. The van der Waals surface area contributed by atoms with Crippen molar-refractivity contribution < 1.29 is 4.74 Å². The number of benzene rings is 1. The highest BCUT2D eigenvalue weighted by atomic mass is 16.5. The maximum Gasteiger partial charge on any atom is 0.119 e. The van der Waals surface area contributed by atoms with Gasteiger partial charge in [0.25, 0.3) is 0 Å². The number of nitrogens with two attached hydrogens (primary N) is 1. The molecular formula is C16H26N2O. The maximum absolute atomic E-state index is 5.94. The molecule has 1 unspecified atom stereocenters. The lowest BCUT2D eigenvalue weighted by Gasteiger charge is -2.29. The summed E-state index contributed by atoms with van der Waals surface area (Å²) < 4.78 is 5.47. The fourth-order valence-electron chi connectivity index (χ4n) is 2.76. The standard InChI is InChI=1S/C16H26N2O/c1-3-19-16-10-4-13(5-11-16)12(2)18-15-8-6-14(17)7-9-15/h4-5,10-12,14-15,18H,3,6-9,17H2,1-2H3. The zero-order valence-corrected chi connectivity index (χ0v) is 12.1. The van der Waals surface area contributed by atoms with E-state index in [9.17, 15) is 0 Å². The number of nitrogens with one attached hydrogen (secondary N) is 1. The first-order chi connectivity index (χ1) is 9.19. The molecule has 1 aromatic carbocycles. The summed E-state index contributed by atoms with van der Waals surface area (Å²) >= 11 is 0. The van der Waals surface area contributed by atoms with Crippen LogP contribution in [0.25, 0.3) is 0 Å². The maximum atomic E-state index is 5.94. The number of rotatable bonds is 5. The highest BCUT2D eigenvalue weighted by molar-refractivity contribution is 5.29.